The summed E-state index contributed by atoms with van der Waals surface area (Å²) >= 11 is 0. The van der Waals surface area contributed by atoms with Crippen molar-refractivity contribution in [3.63, 3.8) is 0 Å². The van der Waals surface area contributed by atoms with Gasteiger partial charge in [-0.2, -0.15) is 0 Å². The fourth-order valence-corrected chi connectivity index (χ4v) is 3.75. The highest BCUT2D eigenvalue weighted by Crippen LogP contribution is 2.25. The fraction of sp³-hybridized carbons (Fsp3) is 0.650. The van der Waals surface area contributed by atoms with E-state index in [1.807, 2.05) is 12.1 Å². The molecule has 24 heavy (non-hydrogen) atoms. The number of piperidine rings is 1. The average molecular weight is 332 g/mol. The predicted molar refractivity (Wildman–Crippen MR) is 98.2 cm³/mol. The number of nitrogens with one attached hydrogen (secondary N) is 1. The Hall–Kier alpha value is -1.55. The molecule has 134 valence electrons. The molecule has 1 aliphatic heterocycles. The largest absolute Gasteiger partial charge is 0.497 e. The number of carbonyl (C=O) groups excluding carboxylic acids is 1. The molecular formula is C20H32N2O2. The van der Waals surface area contributed by atoms with Crippen LogP contribution >= 0.6 is 0 Å². The molecule has 4 nitrogen and oxygen atoms in total. The average Bonchev–Trinajstić information content (AvgIpc) is 2.55. The maximum absolute atomic E-state index is 12.7. The van der Waals surface area contributed by atoms with Gasteiger partial charge >= 0.3 is 0 Å². The third-order valence-corrected chi connectivity index (χ3v) is 5.10. The number of ether oxygens (including phenoxy) is 1. The monoisotopic (exact) mass is 332 g/mol. The van der Waals surface area contributed by atoms with Gasteiger partial charge < -0.3 is 15.0 Å². The van der Waals surface area contributed by atoms with Gasteiger partial charge in [-0.3, -0.25) is 4.79 Å². The molecule has 0 aliphatic carbocycles. The van der Waals surface area contributed by atoms with Gasteiger partial charge in [0.15, 0.2) is 0 Å². The lowest BCUT2D eigenvalue weighted by Crippen LogP contribution is -2.51. The van der Waals surface area contributed by atoms with E-state index in [4.69, 9.17) is 4.74 Å². The van der Waals surface area contributed by atoms with E-state index in [2.05, 4.69) is 50.0 Å². The maximum atomic E-state index is 12.7. The molecule has 0 bridgehead atoms. The zero-order valence-electron chi connectivity index (χ0n) is 15.7. The molecular weight excluding hydrogens is 300 g/mol. The zero-order valence-corrected chi connectivity index (χ0v) is 15.7. The molecule has 4 heteroatoms. The highest BCUT2D eigenvalue weighted by atomic mass is 16.5. The zero-order chi connectivity index (χ0) is 17.7. The molecule has 0 aromatic heterocycles. The molecule has 3 unspecified atom stereocenters. The molecule has 3 atom stereocenters. The summed E-state index contributed by atoms with van der Waals surface area (Å²) in [5, 5.41) is 3.48. The summed E-state index contributed by atoms with van der Waals surface area (Å²) in [6, 6.07) is 8.96. The molecule has 1 N–H and O–H groups in total. The number of methoxy groups -OCH3 is 1. The topological polar surface area (TPSA) is 41.6 Å². The Morgan fingerprint density at radius 1 is 1.21 bits per heavy atom. The highest BCUT2D eigenvalue weighted by molar-refractivity contribution is 5.79. The third kappa shape index (κ3) is 4.50. The van der Waals surface area contributed by atoms with E-state index in [0.717, 1.165) is 18.6 Å². The number of nitrogens with zero attached hydrogens (tertiary/aromatic N) is 1. The van der Waals surface area contributed by atoms with E-state index < -0.39 is 0 Å². The Balaban J connectivity index is 2.01. The van der Waals surface area contributed by atoms with Crippen molar-refractivity contribution >= 4 is 5.91 Å². The SMILES string of the molecule is COc1ccc(C(NCC(=O)N2C(C)CCCC2C)C(C)C)cc1. The van der Waals surface area contributed by atoms with E-state index >= 15 is 0 Å². The smallest absolute Gasteiger partial charge is 0.237 e. The van der Waals surface area contributed by atoms with Crippen molar-refractivity contribution in [3.8, 4) is 5.75 Å². The van der Waals surface area contributed by atoms with Crippen molar-refractivity contribution in [3.05, 3.63) is 29.8 Å². The second-order valence-electron chi connectivity index (χ2n) is 7.31. The molecule has 1 aliphatic rings. The van der Waals surface area contributed by atoms with Crippen molar-refractivity contribution in [1.82, 2.24) is 10.2 Å². The highest BCUT2D eigenvalue weighted by Gasteiger charge is 2.29. The van der Waals surface area contributed by atoms with E-state index in [9.17, 15) is 4.79 Å². The second kappa shape index (κ2) is 8.52. The molecule has 1 fully saturated rings. The van der Waals surface area contributed by atoms with Gasteiger partial charge in [-0.15, -0.1) is 0 Å². The van der Waals surface area contributed by atoms with Crippen LogP contribution in [0.25, 0.3) is 0 Å². The Morgan fingerprint density at radius 3 is 2.29 bits per heavy atom. The molecule has 1 amide bonds. The minimum absolute atomic E-state index is 0.162. The number of rotatable bonds is 6. The summed E-state index contributed by atoms with van der Waals surface area (Å²) in [5.74, 6) is 1.48. The summed E-state index contributed by atoms with van der Waals surface area (Å²) in [6.07, 6.45) is 3.45. The molecule has 0 radical (unpaired) electrons. The molecule has 0 saturated carbocycles. The van der Waals surface area contributed by atoms with Crippen LogP contribution in [0.4, 0.5) is 0 Å². The number of carbonyl (C=O) groups is 1. The standard InChI is InChI=1S/C20H32N2O2/c1-14(2)20(17-9-11-18(24-5)12-10-17)21-13-19(23)22-15(3)7-6-8-16(22)4/h9-12,14-16,20-21H,6-8,13H2,1-5H3. The number of benzene rings is 1. The first-order chi connectivity index (χ1) is 11.4. The van der Waals surface area contributed by atoms with Gasteiger partial charge in [0.1, 0.15) is 5.75 Å². The van der Waals surface area contributed by atoms with Gasteiger partial charge in [-0.25, -0.2) is 0 Å². The Labute approximate surface area is 146 Å². The molecule has 2 rings (SSSR count). The van der Waals surface area contributed by atoms with Crippen LogP contribution in [-0.4, -0.2) is 36.5 Å². The summed E-state index contributed by atoms with van der Waals surface area (Å²) in [4.78, 5) is 14.8. The first-order valence-electron chi connectivity index (χ1n) is 9.12. The summed E-state index contributed by atoms with van der Waals surface area (Å²) in [6.45, 7) is 9.08. The number of likely N-dealkylation sites (tertiary alicyclic amines) is 1. The number of amides is 1. The first kappa shape index (κ1) is 18.8. The lowest BCUT2D eigenvalue weighted by molar-refractivity contribution is -0.136. The van der Waals surface area contributed by atoms with E-state index in [1.54, 1.807) is 7.11 Å². The fourth-order valence-electron chi connectivity index (χ4n) is 3.75. The van der Waals surface area contributed by atoms with E-state index in [0.29, 0.717) is 24.5 Å². The number of hydrogen-bond acceptors (Lipinski definition) is 3. The lowest BCUT2D eigenvalue weighted by Gasteiger charge is -2.39. The van der Waals surface area contributed by atoms with Gasteiger partial charge in [-0.1, -0.05) is 26.0 Å². The minimum Gasteiger partial charge on any atom is -0.497 e. The molecule has 0 spiro atoms. The van der Waals surface area contributed by atoms with Crippen LogP contribution in [0.5, 0.6) is 5.75 Å². The van der Waals surface area contributed by atoms with Gasteiger partial charge in [0.25, 0.3) is 0 Å². The maximum Gasteiger partial charge on any atom is 0.237 e. The Morgan fingerprint density at radius 2 is 1.79 bits per heavy atom. The number of hydrogen-bond donors (Lipinski definition) is 1. The summed E-state index contributed by atoms with van der Waals surface area (Å²) in [7, 11) is 1.67. The van der Waals surface area contributed by atoms with Gasteiger partial charge in [0.2, 0.25) is 5.91 Å². The molecule has 1 aromatic carbocycles. The van der Waals surface area contributed by atoms with E-state index in [1.165, 1.54) is 12.0 Å². The Bertz CT molecular complexity index is 517. The van der Waals surface area contributed by atoms with Crippen molar-refractivity contribution < 1.29 is 9.53 Å². The van der Waals surface area contributed by atoms with Crippen molar-refractivity contribution in [2.75, 3.05) is 13.7 Å². The normalized spacial score (nSPS) is 22.5. The molecule has 1 saturated heterocycles. The minimum atomic E-state index is 0.162. The van der Waals surface area contributed by atoms with Crippen LogP contribution in [0.1, 0.15) is 58.6 Å². The predicted octanol–water partition coefficient (Wildman–Crippen LogP) is 3.77. The lowest BCUT2D eigenvalue weighted by atomic mass is 9.95. The van der Waals surface area contributed by atoms with Crippen LogP contribution in [-0.2, 0) is 4.79 Å². The third-order valence-electron chi connectivity index (χ3n) is 5.10. The van der Waals surface area contributed by atoms with Crippen molar-refractivity contribution in [2.24, 2.45) is 5.92 Å². The Kier molecular flexibility index (Phi) is 6.67. The van der Waals surface area contributed by atoms with Gasteiger partial charge in [-0.05, 0) is 56.7 Å². The van der Waals surface area contributed by atoms with Crippen LogP contribution in [0.3, 0.4) is 0 Å². The summed E-state index contributed by atoms with van der Waals surface area (Å²) in [5.41, 5.74) is 1.19. The van der Waals surface area contributed by atoms with Gasteiger partial charge in [0, 0.05) is 18.1 Å². The van der Waals surface area contributed by atoms with Crippen LogP contribution in [0.2, 0.25) is 0 Å². The van der Waals surface area contributed by atoms with Crippen molar-refractivity contribution in [2.45, 2.75) is 65.1 Å². The first-order valence-corrected chi connectivity index (χ1v) is 9.12. The quantitative estimate of drug-likeness (QED) is 0.862. The van der Waals surface area contributed by atoms with Crippen LogP contribution < -0.4 is 10.1 Å². The second-order valence-corrected chi connectivity index (χ2v) is 7.31. The van der Waals surface area contributed by atoms with Crippen molar-refractivity contribution in [1.29, 1.82) is 0 Å². The van der Waals surface area contributed by atoms with E-state index in [-0.39, 0.29) is 11.9 Å². The van der Waals surface area contributed by atoms with Crippen LogP contribution in [0, 0.1) is 5.92 Å². The molecule has 1 heterocycles. The summed E-state index contributed by atoms with van der Waals surface area (Å²) < 4.78 is 5.23. The van der Waals surface area contributed by atoms with Gasteiger partial charge in [0.05, 0.1) is 13.7 Å². The van der Waals surface area contributed by atoms with Crippen LogP contribution in [0.15, 0.2) is 24.3 Å². The molecule has 1 aromatic rings.